The predicted octanol–water partition coefficient (Wildman–Crippen LogP) is 5.69. The fraction of sp³-hybridized carbons (Fsp3) is 0.450. The zero-order valence-electron chi connectivity index (χ0n) is 16.1. The summed E-state index contributed by atoms with van der Waals surface area (Å²) in [5, 5.41) is 13.9. The molecule has 1 aromatic carbocycles. The standard InChI is InChI=1S/C20H25F3N2O.ClH/c1-12(2)24-11-14-8-15(19(3,4)5)9-16(18(14)26)13-6-7-17(25-10-13)20(21,22)23;/h6-10,12,24,26H,11H2,1-5H3;1H. The van der Waals surface area contributed by atoms with Crippen LogP contribution in [0.4, 0.5) is 13.2 Å². The summed E-state index contributed by atoms with van der Waals surface area (Å²) in [7, 11) is 0. The number of aromatic nitrogens is 1. The first-order valence-electron chi connectivity index (χ1n) is 8.53. The van der Waals surface area contributed by atoms with E-state index in [9.17, 15) is 18.3 Å². The molecule has 1 aromatic heterocycles. The van der Waals surface area contributed by atoms with Crippen LogP contribution in [0.1, 0.15) is 51.4 Å². The number of nitrogens with one attached hydrogen (secondary N) is 1. The Morgan fingerprint density at radius 2 is 1.74 bits per heavy atom. The highest BCUT2D eigenvalue weighted by atomic mass is 35.5. The number of aromatic hydroxyl groups is 1. The fourth-order valence-electron chi connectivity index (χ4n) is 2.52. The van der Waals surface area contributed by atoms with Gasteiger partial charge in [-0.05, 0) is 23.1 Å². The minimum atomic E-state index is -4.49. The fourth-order valence-corrected chi connectivity index (χ4v) is 2.52. The highest BCUT2D eigenvalue weighted by Gasteiger charge is 2.32. The van der Waals surface area contributed by atoms with Crippen LogP contribution in [0.15, 0.2) is 30.5 Å². The molecular formula is C20H26ClF3N2O. The number of hydrogen-bond acceptors (Lipinski definition) is 3. The van der Waals surface area contributed by atoms with E-state index in [0.29, 0.717) is 23.2 Å². The van der Waals surface area contributed by atoms with Crippen LogP contribution >= 0.6 is 12.4 Å². The molecule has 1 heterocycles. The van der Waals surface area contributed by atoms with Gasteiger partial charge in [-0.2, -0.15) is 13.2 Å². The zero-order valence-corrected chi connectivity index (χ0v) is 16.9. The summed E-state index contributed by atoms with van der Waals surface area (Å²) in [4.78, 5) is 3.51. The van der Waals surface area contributed by atoms with E-state index in [2.05, 4.69) is 10.3 Å². The van der Waals surface area contributed by atoms with Crippen molar-refractivity contribution in [3.63, 3.8) is 0 Å². The minimum absolute atomic E-state index is 0. The normalized spacial score (nSPS) is 12.2. The van der Waals surface area contributed by atoms with Crippen LogP contribution in [0.25, 0.3) is 11.1 Å². The topological polar surface area (TPSA) is 45.2 Å². The monoisotopic (exact) mass is 402 g/mol. The van der Waals surface area contributed by atoms with Crippen LogP contribution in [-0.4, -0.2) is 16.1 Å². The van der Waals surface area contributed by atoms with E-state index in [0.717, 1.165) is 17.8 Å². The molecule has 0 saturated carbocycles. The number of rotatable bonds is 4. The zero-order chi connectivity index (χ0) is 19.7. The number of nitrogens with zero attached hydrogens (tertiary/aromatic N) is 1. The van der Waals surface area contributed by atoms with Gasteiger partial charge in [0.2, 0.25) is 0 Å². The van der Waals surface area contributed by atoms with Crippen molar-refractivity contribution in [2.24, 2.45) is 0 Å². The first-order chi connectivity index (χ1) is 11.9. The van der Waals surface area contributed by atoms with Crippen LogP contribution in [0.2, 0.25) is 0 Å². The van der Waals surface area contributed by atoms with E-state index in [-0.39, 0.29) is 29.6 Å². The number of halogens is 4. The molecular weight excluding hydrogens is 377 g/mol. The molecule has 0 aliphatic carbocycles. The van der Waals surface area contributed by atoms with Crippen LogP contribution in [0, 0.1) is 0 Å². The van der Waals surface area contributed by atoms with Gasteiger partial charge in [0.25, 0.3) is 0 Å². The Balaban J connectivity index is 0.00000364. The van der Waals surface area contributed by atoms with E-state index in [1.165, 1.54) is 6.07 Å². The summed E-state index contributed by atoms with van der Waals surface area (Å²) in [6, 6.07) is 6.27. The number of phenols is 1. The van der Waals surface area contributed by atoms with E-state index in [4.69, 9.17) is 0 Å². The third kappa shape index (κ3) is 5.84. The van der Waals surface area contributed by atoms with Crippen molar-refractivity contribution >= 4 is 12.4 Å². The molecule has 150 valence electrons. The molecule has 7 heteroatoms. The summed E-state index contributed by atoms with van der Waals surface area (Å²) in [5.74, 6) is 0.0627. The van der Waals surface area contributed by atoms with Crippen molar-refractivity contribution < 1.29 is 18.3 Å². The molecule has 3 nitrogen and oxygen atoms in total. The van der Waals surface area contributed by atoms with Gasteiger partial charge in [-0.1, -0.05) is 46.8 Å². The van der Waals surface area contributed by atoms with Crippen molar-refractivity contribution in [1.82, 2.24) is 10.3 Å². The molecule has 0 radical (unpaired) electrons. The number of hydrogen-bond donors (Lipinski definition) is 2. The molecule has 27 heavy (non-hydrogen) atoms. The van der Waals surface area contributed by atoms with E-state index < -0.39 is 11.9 Å². The van der Waals surface area contributed by atoms with E-state index in [1.807, 2.05) is 46.8 Å². The number of alkyl halides is 3. The van der Waals surface area contributed by atoms with Gasteiger partial charge in [0.15, 0.2) is 0 Å². The Labute approximate surface area is 164 Å². The Morgan fingerprint density at radius 1 is 1.11 bits per heavy atom. The first-order valence-corrected chi connectivity index (χ1v) is 8.53. The molecule has 2 N–H and O–H groups in total. The maximum absolute atomic E-state index is 12.7. The van der Waals surface area contributed by atoms with E-state index in [1.54, 1.807) is 0 Å². The maximum atomic E-state index is 12.7. The van der Waals surface area contributed by atoms with E-state index >= 15 is 0 Å². The predicted molar refractivity (Wildman–Crippen MR) is 104 cm³/mol. The highest BCUT2D eigenvalue weighted by molar-refractivity contribution is 5.85. The third-order valence-electron chi connectivity index (χ3n) is 4.12. The lowest BCUT2D eigenvalue weighted by atomic mass is 9.83. The molecule has 0 aliphatic heterocycles. The largest absolute Gasteiger partial charge is 0.507 e. The smallest absolute Gasteiger partial charge is 0.433 e. The lowest BCUT2D eigenvalue weighted by molar-refractivity contribution is -0.141. The molecule has 0 spiro atoms. The van der Waals surface area contributed by atoms with Gasteiger partial charge in [0.1, 0.15) is 11.4 Å². The average molecular weight is 403 g/mol. The van der Waals surface area contributed by atoms with Gasteiger partial charge in [-0.25, -0.2) is 0 Å². The summed E-state index contributed by atoms with van der Waals surface area (Å²) in [5.41, 5.74) is 1.52. The minimum Gasteiger partial charge on any atom is -0.507 e. The van der Waals surface area contributed by atoms with Gasteiger partial charge < -0.3 is 10.4 Å². The third-order valence-corrected chi connectivity index (χ3v) is 4.12. The van der Waals surface area contributed by atoms with Crippen LogP contribution in [0.5, 0.6) is 5.75 Å². The lowest BCUT2D eigenvalue weighted by Crippen LogP contribution is -2.22. The van der Waals surface area contributed by atoms with Crippen molar-refractivity contribution in [3.05, 3.63) is 47.3 Å². The molecule has 0 atom stereocenters. The van der Waals surface area contributed by atoms with Crippen LogP contribution < -0.4 is 5.32 Å². The molecule has 0 fully saturated rings. The molecule has 0 saturated heterocycles. The molecule has 2 rings (SSSR count). The first kappa shape index (κ1) is 23.2. The SMILES string of the molecule is CC(C)NCc1cc(C(C)(C)C)cc(-c2ccc(C(F)(F)F)nc2)c1O.Cl. The molecule has 0 aliphatic rings. The summed E-state index contributed by atoms with van der Waals surface area (Å²) < 4.78 is 38.2. The van der Waals surface area contributed by atoms with Gasteiger partial charge >= 0.3 is 6.18 Å². The van der Waals surface area contributed by atoms with Gasteiger partial charge in [-0.3, -0.25) is 4.98 Å². The summed E-state index contributed by atoms with van der Waals surface area (Å²) in [6.45, 7) is 10.6. The Bertz CT molecular complexity index is 767. The second-order valence-corrected chi connectivity index (χ2v) is 7.75. The van der Waals surface area contributed by atoms with Crippen LogP contribution in [-0.2, 0) is 18.1 Å². The lowest BCUT2D eigenvalue weighted by Gasteiger charge is -2.23. The average Bonchev–Trinajstić information content (AvgIpc) is 2.52. The Morgan fingerprint density at radius 3 is 2.19 bits per heavy atom. The Hall–Kier alpha value is -1.79. The van der Waals surface area contributed by atoms with Crippen LogP contribution in [0.3, 0.4) is 0 Å². The molecule has 0 unspecified atom stereocenters. The molecule has 0 bridgehead atoms. The van der Waals surface area contributed by atoms with Crippen molar-refractivity contribution in [2.45, 2.75) is 58.8 Å². The van der Waals surface area contributed by atoms with Gasteiger partial charge in [0, 0.05) is 35.5 Å². The van der Waals surface area contributed by atoms with Gasteiger partial charge in [0.05, 0.1) is 0 Å². The van der Waals surface area contributed by atoms with Crippen molar-refractivity contribution in [2.75, 3.05) is 0 Å². The number of pyridine rings is 1. The summed E-state index contributed by atoms with van der Waals surface area (Å²) >= 11 is 0. The van der Waals surface area contributed by atoms with Crippen molar-refractivity contribution in [1.29, 1.82) is 0 Å². The number of phenolic OH excluding ortho intramolecular Hbond substituents is 1. The molecule has 0 amide bonds. The number of benzene rings is 1. The molecule has 2 aromatic rings. The maximum Gasteiger partial charge on any atom is 0.433 e. The van der Waals surface area contributed by atoms with Gasteiger partial charge in [-0.15, -0.1) is 12.4 Å². The second-order valence-electron chi connectivity index (χ2n) is 7.75. The highest BCUT2D eigenvalue weighted by Crippen LogP contribution is 2.38. The van der Waals surface area contributed by atoms with Crippen molar-refractivity contribution in [3.8, 4) is 16.9 Å². The second kappa shape index (κ2) is 8.48. The quantitative estimate of drug-likeness (QED) is 0.690. The Kier molecular flexibility index (Phi) is 7.30. The summed E-state index contributed by atoms with van der Waals surface area (Å²) in [6.07, 6.45) is -3.33.